The molecule has 2 aromatic rings. The fraction of sp³-hybridized carbons (Fsp3) is 0.200. The molecule has 1 heterocycles. The Kier molecular flexibility index (Phi) is 5.13. The van der Waals surface area contributed by atoms with Crippen molar-refractivity contribution in [3.8, 4) is 0 Å². The van der Waals surface area contributed by atoms with Gasteiger partial charge in [-0.2, -0.15) is 0 Å². The molecule has 0 radical (unpaired) electrons. The van der Waals surface area contributed by atoms with E-state index >= 15 is 0 Å². The number of nitrogens with one attached hydrogen (secondary N) is 3. The zero-order chi connectivity index (χ0) is 15.9. The van der Waals surface area contributed by atoms with Crippen LogP contribution < -0.4 is 21.7 Å². The molecule has 0 atom stereocenters. The van der Waals surface area contributed by atoms with Crippen LogP contribution in [0.3, 0.4) is 0 Å². The number of carbonyl (C=O) groups excluding carboxylic acids is 1. The largest absolute Gasteiger partial charge is 0.382 e. The number of benzene rings is 1. The number of nitrogens with zero attached hydrogens (tertiary/aromatic N) is 1. The van der Waals surface area contributed by atoms with Gasteiger partial charge in [-0.3, -0.25) is 0 Å². The van der Waals surface area contributed by atoms with Gasteiger partial charge in [-0.25, -0.2) is 14.2 Å². The Bertz CT molecular complexity index is 645. The highest BCUT2D eigenvalue weighted by Crippen LogP contribution is 2.19. The maximum absolute atomic E-state index is 12.8. The van der Waals surface area contributed by atoms with Crippen LogP contribution in [0.2, 0.25) is 0 Å². The number of nitrogen functional groups attached to an aromatic ring is 1. The molecule has 116 valence electrons. The van der Waals surface area contributed by atoms with Crippen molar-refractivity contribution in [2.45, 2.75) is 13.5 Å². The molecule has 0 bridgehead atoms. The molecule has 1 aromatic heterocycles. The molecule has 2 amide bonds. The first-order valence-corrected chi connectivity index (χ1v) is 6.88. The molecule has 0 saturated heterocycles. The number of rotatable bonds is 5. The summed E-state index contributed by atoms with van der Waals surface area (Å²) in [7, 11) is 0. The fourth-order valence-electron chi connectivity index (χ4n) is 1.80. The van der Waals surface area contributed by atoms with Crippen molar-refractivity contribution < 1.29 is 9.18 Å². The highest BCUT2D eigenvalue weighted by atomic mass is 19.1. The summed E-state index contributed by atoms with van der Waals surface area (Å²) in [6.07, 6.45) is 0. The van der Waals surface area contributed by atoms with Crippen LogP contribution in [0.1, 0.15) is 12.5 Å². The third-order valence-electron chi connectivity index (χ3n) is 2.90. The van der Waals surface area contributed by atoms with E-state index in [2.05, 4.69) is 20.9 Å². The number of amides is 2. The zero-order valence-electron chi connectivity index (χ0n) is 12.2. The maximum atomic E-state index is 12.8. The third-order valence-corrected chi connectivity index (χ3v) is 2.90. The van der Waals surface area contributed by atoms with Crippen molar-refractivity contribution in [1.82, 2.24) is 10.3 Å². The van der Waals surface area contributed by atoms with Crippen LogP contribution in [0, 0.1) is 5.82 Å². The molecule has 1 aromatic carbocycles. The van der Waals surface area contributed by atoms with Crippen LogP contribution in [0.15, 0.2) is 36.4 Å². The molecule has 22 heavy (non-hydrogen) atoms. The lowest BCUT2D eigenvalue weighted by Gasteiger charge is -2.11. The second-order valence-corrected chi connectivity index (χ2v) is 4.59. The van der Waals surface area contributed by atoms with E-state index < -0.39 is 0 Å². The first kappa shape index (κ1) is 15.6. The number of hydrogen-bond donors (Lipinski definition) is 4. The highest BCUT2D eigenvalue weighted by Gasteiger charge is 2.06. The summed E-state index contributed by atoms with van der Waals surface area (Å²) in [5, 5.41) is 8.30. The van der Waals surface area contributed by atoms with E-state index in [9.17, 15) is 9.18 Å². The standard InChI is InChI=1S/C15H18FN5O/c1-2-18-15(22)20-12-7-8-13(21-14(12)17)19-9-10-3-5-11(16)6-4-10/h3-8H,2,9H2,1H3,(H3,17,19,21)(H2,18,20,22). The number of halogens is 1. The van der Waals surface area contributed by atoms with Gasteiger partial charge in [0.05, 0.1) is 5.69 Å². The molecule has 0 unspecified atom stereocenters. The fourth-order valence-corrected chi connectivity index (χ4v) is 1.80. The Morgan fingerprint density at radius 2 is 1.95 bits per heavy atom. The third kappa shape index (κ3) is 4.34. The van der Waals surface area contributed by atoms with E-state index in [-0.39, 0.29) is 17.7 Å². The number of hydrogen-bond acceptors (Lipinski definition) is 4. The molecule has 5 N–H and O–H groups in total. The Morgan fingerprint density at radius 1 is 1.23 bits per heavy atom. The van der Waals surface area contributed by atoms with E-state index in [1.807, 2.05) is 6.92 Å². The second kappa shape index (κ2) is 7.26. The van der Waals surface area contributed by atoms with Crippen LogP contribution >= 0.6 is 0 Å². The van der Waals surface area contributed by atoms with Gasteiger partial charge in [0.2, 0.25) is 0 Å². The van der Waals surface area contributed by atoms with Crippen molar-refractivity contribution in [1.29, 1.82) is 0 Å². The van der Waals surface area contributed by atoms with Crippen molar-refractivity contribution >= 4 is 23.4 Å². The average Bonchev–Trinajstić information content (AvgIpc) is 2.49. The van der Waals surface area contributed by atoms with Gasteiger partial charge < -0.3 is 21.7 Å². The predicted molar refractivity (Wildman–Crippen MR) is 85.1 cm³/mol. The van der Waals surface area contributed by atoms with Crippen LogP contribution in [-0.4, -0.2) is 17.6 Å². The normalized spacial score (nSPS) is 10.1. The highest BCUT2D eigenvalue weighted by molar-refractivity contribution is 5.92. The molecule has 0 aliphatic carbocycles. The summed E-state index contributed by atoms with van der Waals surface area (Å²) in [5.74, 6) is 0.519. The maximum Gasteiger partial charge on any atom is 0.319 e. The minimum absolute atomic E-state index is 0.218. The van der Waals surface area contributed by atoms with Gasteiger partial charge >= 0.3 is 6.03 Å². The van der Waals surface area contributed by atoms with Gasteiger partial charge in [-0.15, -0.1) is 0 Å². The van der Waals surface area contributed by atoms with Crippen LogP contribution in [-0.2, 0) is 6.54 Å². The van der Waals surface area contributed by atoms with Crippen molar-refractivity contribution in [2.24, 2.45) is 0 Å². The first-order valence-electron chi connectivity index (χ1n) is 6.88. The van der Waals surface area contributed by atoms with Crippen molar-refractivity contribution in [2.75, 3.05) is 22.9 Å². The van der Waals surface area contributed by atoms with Crippen molar-refractivity contribution in [3.63, 3.8) is 0 Å². The monoisotopic (exact) mass is 303 g/mol. The molecular formula is C15H18FN5O. The zero-order valence-corrected chi connectivity index (χ0v) is 12.2. The molecule has 0 fully saturated rings. The number of pyridine rings is 1. The topological polar surface area (TPSA) is 92.1 Å². The van der Waals surface area contributed by atoms with E-state index in [4.69, 9.17) is 5.73 Å². The number of aromatic nitrogens is 1. The van der Waals surface area contributed by atoms with Crippen LogP contribution in [0.5, 0.6) is 0 Å². The Balaban J connectivity index is 1.97. The molecule has 7 heteroatoms. The predicted octanol–water partition coefficient (Wildman–Crippen LogP) is 2.56. The smallest absolute Gasteiger partial charge is 0.319 e. The summed E-state index contributed by atoms with van der Waals surface area (Å²) < 4.78 is 12.8. The van der Waals surface area contributed by atoms with Crippen LogP contribution in [0.25, 0.3) is 0 Å². The Hall–Kier alpha value is -2.83. The quantitative estimate of drug-likeness (QED) is 0.683. The van der Waals surface area contributed by atoms with Gasteiger partial charge in [-0.1, -0.05) is 12.1 Å². The number of nitrogens with two attached hydrogens (primary N) is 1. The van der Waals surface area contributed by atoms with Gasteiger partial charge in [-0.05, 0) is 36.8 Å². The summed E-state index contributed by atoms with van der Waals surface area (Å²) >= 11 is 0. The minimum Gasteiger partial charge on any atom is -0.382 e. The molecule has 6 nitrogen and oxygen atoms in total. The number of carbonyl (C=O) groups is 1. The summed E-state index contributed by atoms with van der Waals surface area (Å²) in [6.45, 7) is 2.84. The minimum atomic E-state index is -0.331. The van der Waals surface area contributed by atoms with E-state index in [0.29, 0.717) is 24.6 Å². The second-order valence-electron chi connectivity index (χ2n) is 4.59. The van der Waals surface area contributed by atoms with Crippen LogP contribution in [0.4, 0.5) is 26.5 Å². The van der Waals surface area contributed by atoms with Gasteiger partial charge in [0.25, 0.3) is 0 Å². The van der Waals surface area contributed by atoms with E-state index in [1.165, 1.54) is 12.1 Å². The molecular weight excluding hydrogens is 285 g/mol. The van der Waals surface area contributed by atoms with E-state index in [1.54, 1.807) is 24.3 Å². The van der Waals surface area contributed by atoms with Gasteiger partial charge in [0.15, 0.2) is 0 Å². The Morgan fingerprint density at radius 3 is 2.59 bits per heavy atom. The van der Waals surface area contributed by atoms with Crippen molar-refractivity contribution in [3.05, 3.63) is 47.8 Å². The number of urea groups is 1. The lowest BCUT2D eigenvalue weighted by atomic mass is 10.2. The van der Waals surface area contributed by atoms with E-state index in [0.717, 1.165) is 5.56 Å². The average molecular weight is 303 g/mol. The number of anilines is 3. The molecule has 0 aliphatic rings. The lowest BCUT2D eigenvalue weighted by molar-refractivity contribution is 0.252. The first-order chi connectivity index (χ1) is 10.6. The molecule has 2 rings (SSSR count). The molecule has 0 spiro atoms. The Labute approximate surface area is 127 Å². The lowest BCUT2D eigenvalue weighted by Crippen LogP contribution is -2.28. The van der Waals surface area contributed by atoms with Gasteiger partial charge in [0, 0.05) is 13.1 Å². The summed E-state index contributed by atoms with van der Waals surface area (Å²) in [6, 6.07) is 9.23. The summed E-state index contributed by atoms with van der Waals surface area (Å²) in [5.41, 5.74) is 7.18. The summed E-state index contributed by atoms with van der Waals surface area (Å²) in [4.78, 5) is 15.6. The van der Waals surface area contributed by atoms with Gasteiger partial charge in [0.1, 0.15) is 17.5 Å². The SMILES string of the molecule is CCNC(=O)Nc1ccc(NCc2ccc(F)cc2)nc1N. The molecule has 0 saturated carbocycles. The molecule has 0 aliphatic heterocycles.